The SMILES string of the molecule is CCOC(=O)c1cn(CCCl)c2nc(N3CCN(C(C)=O)CC3)c(Cl)cc2c1=O. The van der Waals surface area contributed by atoms with Gasteiger partial charge < -0.3 is 19.1 Å². The molecule has 0 N–H and O–H groups in total. The van der Waals surface area contributed by atoms with Gasteiger partial charge in [0.25, 0.3) is 0 Å². The molecule has 10 heteroatoms. The lowest BCUT2D eigenvalue weighted by molar-refractivity contribution is -0.129. The molecule has 1 aliphatic heterocycles. The first-order valence-corrected chi connectivity index (χ1v) is 10.3. The fourth-order valence-corrected chi connectivity index (χ4v) is 3.80. The number of hydrogen-bond acceptors (Lipinski definition) is 6. The monoisotopic (exact) mass is 440 g/mol. The van der Waals surface area contributed by atoms with Gasteiger partial charge in [-0.3, -0.25) is 9.59 Å². The molecule has 1 fully saturated rings. The maximum absolute atomic E-state index is 12.9. The number of pyridine rings is 2. The van der Waals surface area contributed by atoms with Crippen molar-refractivity contribution in [1.29, 1.82) is 0 Å². The molecule has 0 radical (unpaired) electrons. The molecule has 29 heavy (non-hydrogen) atoms. The van der Waals surface area contributed by atoms with Crippen molar-refractivity contribution in [3.05, 3.63) is 33.1 Å². The lowest BCUT2D eigenvalue weighted by atomic mass is 10.2. The van der Waals surface area contributed by atoms with Crippen LogP contribution >= 0.6 is 23.2 Å². The van der Waals surface area contributed by atoms with E-state index in [0.29, 0.717) is 49.2 Å². The van der Waals surface area contributed by atoms with Crippen molar-refractivity contribution in [3.63, 3.8) is 0 Å². The molecule has 0 aliphatic carbocycles. The molecule has 2 aromatic rings. The summed E-state index contributed by atoms with van der Waals surface area (Å²) in [5, 5.41) is 0.543. The summed E-state index contributed by atoms with van der Waals surface area (Å²) in [6.45, 7) is 6.04. The minimum Gasteiger partial charge on any atom is -0.462 e. The molecule has 0 bridgehead atoms. The number of aryl methyl sites for hydroxylation is 1. The Kier molecular flexibility index (Phi) is 6.64. The van der Waals surface area contributed by atoms with E-state index in [4.69, 9.17) is 27.9 Å². The molecule has 1 saturated heterocycles. The maximum atomic E-state index is 12.9. The average Bonchev–Trinajstić information content (AvgIpc) is 2.70. The number of alkyl halides is 1. The molecular weight excluding hydrogens is 419 g/mol. The number of ether oxygens (including phenoxy) is 1. The van der Waals surface area contributed by atoms with Gasteiger partial charge in [-0.1, -0.05) is 11.6 Å². The standard InChI is InChI=1S/C19H22Cl2N4O4/c1-3-29-19(28)14-11-25(5-4-20)17-13(16(14)27)10-15(21)18(22-17)24-8-6-23(7-9-24)12(2)26/h10-11H,3-9H2,1-2H3. The summed E-state index contributed by atoms with van der Waals surface area (Å²) in [6, 6.07) is 1.53. The number of aromatic nitrogens is 2. The fraction of sp³-hybridized carbons (Fsp3) is 0.474. The van der Waals surface area contributed by atoms with Crippen molar-refractivity contribution >= 4 is 51.9 Å². The number of carbonyl (C=O) groups excluding carboxylic acids is 2. The van der Waals surface area contributed by atoms with Crippen molar-refractivity contribution < 1.29 is 14.3 Å². The molecule has 2 aromatic heterocycles. The van der Waals surface area contributed by atoms with Crippen LogP contribution in [0.5, 0.6) is 0 Å². The second-order valence-corrected chi connectivity index (χ2v) is 7.42. The molecule has 3 heterocycles. The summed E-state index contributed by atoms with van der Waals surface area (Å²) in [4.78, 5) is 45.0. The first kappa shape index (κ1) is 21.4. The lowest BCUT2D eigenvalue weighted by Gasteiger charge is -2.35. The minimum atomic E-state index is -0.691. The Labute approximate surface area is 177 Å². The zero-order valence-corrected chi connectivity index (χ0v) is 17.8. The molecule has 0 atom stereocenters. The van der Waals surface area contributed by atoms with Crippen molar-refractivity contribution in [2.24, 2.45) is 0 Å². The van der Waals surface area contributed by atoms with Gasteiger partial charge in [0.15, 0.2) is 0 Å². The third kappa shape index (κ3) is 4.33. The number of esters is 1. The molecule has 8 nitrogen and oxygen atoms in total. The van der Waals surface area contributed by atoms with Crippen LogP contribution in [-0.4, -0.2) is 65.0 Å². The fourth-order valence-electron chi connectivity index (χ4n) is 3.35. The van der Waals surface area contributed by atoms with Crippen LogP contribution in [0.3, 0.4) is 0 Å². The molecule has 3 rings (SSSR count). The quantitative estimate of drug-likeness (QED) is 0.522. The van der Waals surface area contributed by atoms with Gasteiger partial charge in [0.2, 0.25) is 11.3 Å². The van der Waals surface area contributed by atoms with Crippen LogP contribution in [0, 0.1) is 0 Å². The third-order valence-corrected chi connectivity index (χ3v) is 5.28. The zero-order chi connectivity index (χ0) is 21.1. The highest BCUT2D eigenvalue weighted by atomic mass is 35.5. The summed E-state index contributed by atoms with van der Waals surface area (Å²) < 4.78 is 6.66. The van der Waals surface area contributed by atoms with Crippen LogP contribution < -0.4 is 10.3 Å². The van der Waals surface area contributed by atoms with Crippen molar-refractivity contribution in [2.75, 3.05) is 43.6 Å². The summed E-state index contributed by atoms with van der Waals surface area (Å²) in [5.74, 6) is 0.152. The number of rotatable bonds is 5. The largest absolute Gasteiger partial charge is 0.462 e. The van der Waals surface area contributed by atoms with E-state index in [9.17, 15) is 14.4 Å². The van der Waals surface area contributed by atoms with Crippen molar-refractivity contribution in [1.82, 2.24) is 14.5 Å². The summed E-state index contributed by atoms with van der Waals surface area (Å²) in [6.07, 6.45) is 1.43. The summed E-state index contributed by atoms with van der Waals surface area (Å²) in [5.41, 5.74) is -0.158. The number of nitrogens with zero attached hydrogens (tertiary/aromatic N) is 4. The van der Waals surface area contributed by atoms with Crippen LogP contribution in [0.2, 0.25) is 5.02 Å². The lowest BCUT2D eigenvalue weighted by Crippen LogP contribution is -2.48. The van der Waals surface area contributed by atoms with E-state index < -0.39 is 11.4 Å². The number of amides is 1. The molecule has 0 saturated carbocycles. The third-order valence-electron chi connectivity index (χ3n) is 4.83. The van der Waals surface area contributed by atoms with Gasteiger partial charge in [0.05, 0.1) is 17.0 Å². The van der Waals surface area contributed by atoms with Gasteiger partial charge in [-0.25, -0.2) is 9.78 Å². The number of halogens is 2. The second-order valence-electron chi connectivity index (χ2n) is 6.63. The molecule has 1 aliphatic rings. The van der Waals surface area contributed by atoms with Crippen molar-refractivity contribution in [3.8, 4) is 0 Å². The number of anilines is 1. The normalized spacial score (nSPS) is 14.3. The van der Waals surface area contributed by atoms with Gasteiger partial charge in [-0.2, -0.15) is 0 Å². The van der Waals surface area contributed by atoms with E-state index in [1.165, 1.54) is 12.3 Å². The van der Waals surface area contributed by atoms with E-state index in [-0.39, 0.29) is 29.3 Å². The van der Waals surface area contributed by atoms with Gasteiger partial charge >= 0.3 is 5.97 Å². The van der Waals surface area contributed by atoms with Crippen LogP contribution in [0.4, 0.5) is 5.82 Å². The Morgan fingerprint density at radius 3 is 2.52 bits per heavy atom. The van der Waals surface area contributed by atoms with Gasteiger partial charge in [0, 0.05) is 51.7 Å². The van der Waals surface area contributed by atoms with E-state index >= 15 is 0 Å². The van der Waals surface area contributed by atoms with E-state index in [0.717, 1.165) is 0 Å². The summed E-state index contributed by atoms with van der Waals surface area (Å²) >= 11 is 12.4. The van der Waals surface area contributed by atoms with E-state index in [1.807, 2.05) is 4.90 Å². The number of fused-ring (bicyclic) bond motifs is 1. The highest BCUT2D eigenvalue weighted by Gasteiger charge is 2.24. The van der Waals surface area contributed by atoms with Crippen LogP contribution in [-0.2, 0) is 16.1 Å². The number of carbonyl (C=O) groups is 2. The molecule has 156 valence electrons. The zero-order valence-electron chi connectivity index (χ0n) is 16.3. The minimum absolute atomic E-state index is 0.0321. The van der Waals surface area contributed by atoms with Gasteiger partial charge in [-0.15, -0.1) is 11.6 Å². The predicted octanol–water partition coefficient (Wildman–Crippen LogP) is 2.13. The van der Waals surface area contributed by atoms with Gasteiger partial charge in [0.1, 0.15) is 17.0 Å². The first-order valence-electron chi connectivity index (χ1n) is 9.34. The highest BCUT2D eigenvalue weighted by Crippen LogP contribution is 2.28. The Balaban J connectivity index is 2.07. The van der Waals surface area contributed by atoms with Crippen LogP contribution in [0.25, 0.3) is 11.0 Å². The van der Waals surface area contributed by atoms with Gasteiger partial charge in [-0.05, 0) is 13.0 Å². The first-order chi connectivity index (χ1) is 13.9. The van der Waals surface area contributed by atoms with E-state index in [2.05, 4.69) is 4.98 Å². The molecule has 0 aromatic carbocycles. The van der Waals surface area contributed by atoms with Crippen LogP contribution in [0.15, 0.2) is 17.1 Å². The molecule has 0 unspecified atom stereocenters. The second kappa shape index (κ2) is 9.00. The summed E-state index contributed by atoms with van der Waals surface area (Å²) in [7, 11) is 0. The van der Waals surface area contributed by atoms with E-state index in [1.54, 1.807) is 23.3 Å². The van der Waals surface area contributed by atoms with Crippen LogP contribution in [0.1, 0.15) is 24.2 Å². The molecular formula is C19H22Cl2N4O4. The van der Waals surface area contributed by atoms with Crippen molar-refractivity contribution in [2.45, 2.75) is 20.4 Å². The Morgan fingerprint density at radius 1 is 1.24 bits per heavy atom. The molecule has 1 amide bonds. The Hall–Kier alpha value is -2.32. The Bertz CT molecular complexity index is 1000. The number of hydrogen-bond donors (Lipinski definition) is 0. The Morgan fingerprint density at radius 2 is 1.93 bits per heavy atom. The average molecular weight is 441 g/mol. The predicted molar refractivity (Wildman–Crippen MR) is 112 cm³/mol. The highest BCUT2D eigenvalue weighted by molar-refractivity contribution is 6.33. The maximum Gasteiger partial charge on any atom is 0.343 e. The molecule has 0 spiro atoms. The topological polar surface area (TPSA) is 84.7 Å². The smallest absolute Gasteiger partial charge is 0.343 e. The number of piperazine rings is 1.